The van der Waals surface area contributed by atoms with E-state index in [4.69, 9.17) is 0 Å². The standard InChI is InChI=1S/C22H22N6OS/c1-16-6-7-19-18(14-16)20(29)27(9-3-5-17-4-2-8-23-15-17)22-25-24-21(28(19)22)26-10-12-30-13-11-26/h2-8,14-15H,9-13H2,1H3/b5-3+. The zero-order chi connectivity index (χ0) is 20.5. The zero-order valence-corrected chi connectivity index (χ0v) is 17.5. The van der Waals surface area contributed by atoms with Crippen molar-refractivity contribution < 1.29 is 0 Å². The SMILES string of the molecule is Cc1ccc2c(c1)c(=O)n(C/C=C/c1cccnc1)c1nnc(N3CCSCC3)n21. The third kappa shape index (κ3) is 3.37. The van der Waals surface area contributed by atoms with Crippen molar-refractivity contribution in [1.82, 2.24) is 24.1 Å². The Morgan fingerprint density at radius 3 is 2.83 bits per heavy atom. The van der Waals surface area contributed by atoms with E-state index >= 15 is 0 Å². The van der Waals surface area contributed by atoms with Crippen molar-refractivity contribution in [3.63, 3.8) is 0 Å². The number of rotatable bonds is 4. The Labute approximate surface area is 178 Å². The summed E-state index contributed by atoms with van der Waals surface area (Å²) in [4.78, 5) is 19.7. The number of thioether (sulfide) groups is 1. The largest absolute Gasteiger partial charge is 0.339 e. The Hall–Kier alpha value is -3.13. The maximum absolute atomic E-state index is 13.3. The molecule has 152 valence electrons. The molecule has 5 rings (SSSR count). The second kappa shape index (κ2) is 7.95. The molecule has 4 aromatic rings. The average Bonchev–Trinajstić information content (AvgIpc) is 3.22. The Bertz CT molecular complexity index is 1290. The smallest absolute Gasteiger partial charge is 0.263 e. The fourth-order valence-corrected chi connectivity index (χ4v) is 4.72. The average molecular weight is 419 g/mol. The molecular formula is C22H22N6OS. The number of anilines is 1. The van der Waals surface area contributed by atoms with Gasteiger partial charge in [0.1, 0.15) is 0 Å². The van der Waals surface area contributed by atoms with Crippen molar-refractivity contribution in [2.45, 2.75) is 13.5 Å². The number of aryl methyl sites for hydroxylation is 1. The molecule has 0 spiro atoms. The highest BCUT2D eigenvalue weighted by Gasteiger charge is 2.21. The van der Waals surface area contributed by atoms with Crippen LogP contribution in [0.2, 0.25) is 0 Å². The van der Waals surface area contributed by atoms with Crippen LogP contribution >= 0.6 is 11.8 Å². The third-order valence-corrected chi connectivity index (χ3v) is 6.26. The summed E-state index contributed by atoms with van der Waals surface area (Å²) in [6.07, 6.45) is 7.47. The lowest BCUT2D eigenvalue weighted by Gasteiger charge is -2.26. The first kappa shape index (κ1) is 18.9. The van der Waals surface area contributed by atoms with Crippen LogP contribution in [0.5, 0.6) is 0 Å². The van der Waals surface area contributed by atoms with Crippen LogP contribution in [-0.4, -0.2) is 48.7 Å². The lowest BCUT2D eigenvalue weighted by molar-refractivity contribution is 0.782. The molecule has 4 heterocycles. The van der Waals surface area contributed by atoms with Crippen LogP contribution < -0.4 is 10.5 Å². The van der Waals surface area contributed by atoms with Gasteiger partial charge in [0, 0.05) is 43.5 Å². The van der Waals surface area contributed by atoms with Gasteiger partial charge in [0.15, 0.2) is 0 Å². The first-order valence-corrected chi connectivity index (χ1v) is 11.2. The first-order chi connectivity index (χ1) is 14.7. The molecule has 1 aliphatic rings. The van der Waals surface area contributed by atoms with Crippen molar-refractivity contribution in [1.29, 1.82) is 0 Å². The Balaban J connectivity index is 1.67. The molecule has 0 unspecified atom stereocenters. The Morgan fingerprint density at radius 1 is 1.17 bits per heavy atom. The van der Waals surface area contributed by atoms with Gasteiger partial charge in [0.2, 0.25) is 11.7 Å². The summed E-state index contributed by atoms with van der Waals surface area (Å²) < 4.78 is 3.73. The molecule has 0 atom stereocenters. The van der Waals surface area contributed by atoms with Crippen LogP contribution in [0, 0.1) is 6.92 Å². The van der Waals surface area contributed by atoms with Gasteiger partial charge in [0.05, 0.1) is 10.9 Å². The van der Waals surface area contributed by atoms with E-state index in [1.54, 1.807) is 17.0 Å². The van der Waals surface area contributed by atoms with Crippen molar-refractivity contribution in [2.24, 2.45) is 0 Å². The maximum Gasteiger partial charge on any atom is 0.263 e. The van der Waals surface area contributed by atoms with Crippen molar-refractivity contribution in [3.05, 3.63) is 70.3 Å². The molecule has 1 fully saturated rings. The quantitative estimate of drug-likeness (QED) is 0.508. The minimum absolute atomic E-state index is 0.0508. The summed E-state index contributed by atoms with van der Waals surface area (Å²) in [5.74, 6) is 3.52. The van der Waals surface area contributed by atoms with Crippen LogP contribution in [0.15, 0.2) is 53.6 Å². The van der Waals surface area contributed by atoms with E-state index in [0.717, 1.165) is 47.2 Å². The second-order valence-corrected chi connectivity index (χ2v) is 8.58. The van der Waals surface area contributed by atoms with Crippen molar-refractivity contribution in [3.8, 4) is 0 Å². The number of pyridine rings is 1. The van der Waals surface area contributed by atoms with Gasteiger partial charge >= 0.3 is 0 Å². The van der Waals surface area contributed by atoms with Gasteiger partial charge in [-0.1, -0.05) is 29.8 Å². The summed E-state index contributed by atoms with van der Waals surface area (Å²) in [6, 6.07) is 9.86. The van der Waals surface area contributed by atoms with Crippen LogP contribution in [-0.2, 0) is 6.54 Å². The normalized spacial score (nSPS) is 14.9. The van der Waals surface area contributed by atoms with Gasteiger partial charge in [-0.3, -0.25) is 14.3 Å². The molecule has 0 radical (unpaired) electrons. The van der Waals surface area contributed by atoms with Gasteiger partial charge < -0.3 is 4.90 Å². The third-order valence-electron chi connectivity index (χ3n) is 5.32. The van der Waals surface area contributed by atoms with Crippen molar-refractivity contribution in [2.75, 3.05) is 29.5 Å². The number of nitrogens with zero attached hydrogens (tertiary/aromatic N) is 6. The number of aromatic nitrogens is 5. The molecule has 0 amide bonds. The lowest BCUT2D eigenvalue weighted by Crippen LogP contribution is -2.34. The van der Waals surface area contributed by atoms with E-state index in [-0.39, 0.29) is 5.56 Å². The fourth-order valence-electron chi connectivity index (χ4n) is 3.81. The molecule has 7 nitrogen and oxygen atoms in total. The number of hydrogen-bond acceptors (Lipinski definition) is 6. The van der Waals surface area contributed by atoms with E-state index in [2.05, 4.69) is 20.1 Å². The summed E-state index contributed by atoms with van der Waals surface area (Å²) >= 11 is 1.95. The molecule has 1 aliphatic heterocycles. The summed E-state index contributed by atoms with van der Waals surface area (Å²) in [5, 5.41) is 9.61. The summed E-state index contributed by atoms with van der Waals surface area (Å²) in [6.45, 7) is 4.28. The molecule has 0 N–H and O–H groups in total. The molecule has 1 saturated heterocycles. The number of benzene rings is 1. The molecule has 8 heteroatoms. The highest BCUT2D eigenvalue weighted by Crippen LogP contribution is 2.23. The van der Waals surface area contributed by atoms with Gasteiger partial charge in [-0.2, -0.15) is 11.8 Å². The van der Waals surface area contributed by atoms with Gasteiger partial charge in [0.25, 0.3) is 5.56 Å². The molecule has 1 aromatic carbocycles. The zero-order valence-electron chi connectivity index (χ0n) is 16.7. The van der Waals surface area contributed by atoms with Crippen molar-refractivity contribution >= 4 is 40.5 Å². The van der Waals surface area contributed by atoms with Gasteiger partial charge in [-0.25, -0.2) is 4.40 Å². The first-order valence-electron chi connectivity index (χ1n) is 10.00. The Morgan fingerprint density at radius 2 is 2.03 bits per heavy atom. The summed E-state index contributed by atoms with van der Waals surface area (Å²) in [5.41, 5.74) is 2.85. The van der Waals surface area contributed by atoms with Gasteiger partial charge in [-0.15, -0.1) is 10.2 Å². The molecule has 0 bridgehead atoms. The minimum Gasteiger partial charge on any atom is -0.339 e. The highest BCUT2D eigenvalue weighted by molar-refractivity contribution is 7.99. The molecule has 0 saturated carbocycles. The Kier molecular flexibility index (Phi) is 5.00. The predicted molar refractivity (Wildman–Crippen MR) is 122 cm³/mol. The van der Waals surface area contributed by atoms with E-state index < -0.39 is 0 Å². The number of fused-ring (bicyclic) bond motifs is 3. The lowest BCUT2D eigenvalue weighted by atomic mass is 10.1. The molecule has 30 heavy (non-hydrogen) atoms. The molecule has 0 aliphatic carbocycles. The minimum atomic E-state index is -0.0508. The highest BCUT2D eigenvalue weighted by atomic mass is 32.2. The monoisotopic (exact) mass is 418 g/mol. The van der Waals surface area contributed by atoms with Crippen LogP contribution in [0.3, 0.4) is 0 Å². The van der Waals surface area contributed by atoms with Crippen LogP contribution in [0.1, 0.15) is 11.1 Å². The van der Waals surface area contributed by atoms with E-state index in [0.29, 0.717) is 17.7 Å². The fraction of sp³-hybridized carbons (Fsp3) is 0.273. The predicted octanol–water partition coefficient (Wildman–Crippen LogP) is 3.01. The van der Waals surface area contributed by atoms with E-state index in [1.807, 2.05) is 65.6 Å². The number of allylic oxidation sites excluding steroid dienone is 1. The topological polar surface area (TPSA) is 68.3 Å². The van der Waals surface area contributed by atoms with E-state index in [9.17, 15) is 4.79 Å². The van der Waals surface area contributed by atoms with Crippen LogP contribution in [0.25, 0.3) is 22.8 Å². The molecule has 3 aromatic heterocycles. The maximum atomic E-state index is 13.3. The molecular weight excluding hydrogens is 396 g/mol. The number of hydrogen-bond donors (Lipinski definition) is 0. The summed E-state index contributed by atoms with van der Waals surface area (Å²) in [7, 11) is 0. The van der Waals surface area contributed by atoms with Gasteiger partial charge in [-0.05, 0) is 30.7 Å². The second-order valence-electron chi connectivity index (χ2n) is 7.36. The van der Waals surface area contributed by atoms with E-state index in [1.165, 1.54) is 0 Å². The van der Waals surface area contributed by atoms with Crippen LogP contribution in [0.4, 0.5) is 5.95 Å².